The predicted molar refractivity (Wildman–Crippen MR) is 125 cm³/mol. The molecule has 1 fully saturated rings. The molecule has 4 rings (SSSR count). The van der Waals surface area contributed by atoms with Crippen molar-refractivity contribution in [1.29, 1.82) is 21.0 Å². The summed E-state index contributed by atoms with van der Waals surface area (Å²) < 4.78 is 213. The largest absolute Gasteiger partial charge is 0.436 e. The molecule has 0 unspecified atom stereocenters. The van der Waals surface area contributed by atoms with Crippen molar-refractivity contribution in [3.63, 3.8) is 0 Å². The van der Waals surface area contributed by atoms with Crippen LogP contribution in [0.3, 0.4) is 0 Å². The maximum atomic E-state index is 15.1. The number of nitriles is 4. The molecule has 3 aromatic rings. The van der Waals surface area contributed by atoms with Crippen LogP contribution in [0.2, 0.25) is 0 Å². The van der Waals surface area contributed by atoms with Gasteiger partial charge in [-0.1, -0.05) is 0 Å². The molecule has 49 heavy (non-hydrogen) atoms. The molecule has 248 valence electrons. The molecule has 0 aromatic carbocycles. The SMILES string of the molecule is N#CC(=C1C(=C(C#N)c2c(F)c(F)nc(C(F)(F)F)c2F)C1=C(C#N)c1c(F)c(F)nc(C(F)(F)F)c1F)c1c(F)c(F)nc(C#N)c1F. The van der Waals surface area contributed by atoms with E-state index in [1.165, 1.54) is 0 Å². The van der Waals surface area contributed by atoms with E-state index in [0.29, 0.717) is 0 Å². The summed E-state index contributed by atoms with van der Waals surface area (Å²) in [7, 11) is 0. The summed E-state index contributed by atoms with van der Waals surface area (Å²) in [6.45, 7) is 0. The van der Waals surface area contributed by atoms with Crippen LogP contribution in [0.1, 0.15) is 33.8 Å². The van der Waals surface area contributed by atoms with Gasteiger partial charge >= 0.3 is 12.4 Å². The van der Waals surface area contributed by atoms with E-state index < -0.39 is 132 Å². The summed E-state index contributed by atoms with van der Waals surface area (Å²) in [6.07, 6.45) is -11.9. The molecular weight excluding hydrogens is 707 g/mol. The number of halogens is 15. The van der Waals surface area contributed by atoms with Gasteiger partial charge in [-0.25, -0.2) is 41.3 Å². The molecule has 1 aliphatic carbocycles. The quantitative estimate of drug-likeness (QED) is 0.159. The molecular formula is C27F15N7. The van der Waals surface area contributed by atoms with Crippen LogP contribution in [0.25, 0.3) is 16.7 Å². The highest BCUT2D eigenvalue weighted by atomic mass is 19.4. The van der Waals surface area contributed by atoms with Crippen LogP contribution in [0.5, 0.6) is 0 Å². The Bertz CT molecular complexity index is 2180. The first-order valence-electron chi connectivity index (χ1n) is 11.8. The molecule has 0 amide bonds. The molecule has 7 nitrogen and oxygen atoms in total. The number of aromatic nitrogens is 3. The number of rotatable bonds is 3. The van der Waals surface area contributed by atoms with Gasteiger partial charge in [0.15, 0.2) is 52.0 Å². The van der Waals surface area contributed by atoms with E-state index in [1.54, 1.807) is 0 Å². The monoisotopic (exact) mass is 707 g/mol. The van der Waals surface area contributed by atoms with Gasteiger partial charge in [0, 0.05) is 16.7 Å². The number of alkyl halides is 6. The minimum absolute atomic E-state index is 0.799. The molecule has 0 radical (unpaired) electrons. The van der Waals surface area contributed by atoms with Gasteiger partial charge in [0.05, 0.1) is 33.4 Å². The fraction of sp³-hybridized carbons (Fsp3) is 0.0741. The molecule has 3 aromatic heterocycles. The molecule has 1 saturated carbocycles. The van der Waals surface area contributed by atoms with Crippen LogP contribution in [-0.4, -0.2) is 15.0 Å². The van der Waals surface area contributed by atoms with Crippen molar-refractivity contribution in [3.05, 3.63) is 103 Å². The van der Waals surface area contributed by atoms with Crippen molar-refractivity contribution in [1.82, 2.24) is 15.0 Å². The molecule has 0 spiro atoms. The maximum absolute atomic E-state index is 15.1. The van der Waals surface area contributed by atoms with Crippen LogP contribution in [0.4, 0.5) is 65.9 Å². The molecule has 0 saturated heterocycles. The summed E-state index contributed by atoms with van der Waals surface area (Å²) in [6, 6.07) is 3.42. The molecule has 0 N–H and O–H groups in total. The van der Waals surface area contributed by atoms with Crippen molar-refractivity contribution >= 4 is 16.7 Å². The van der Waals surface area contributed by atoms with Gasteiger partial charge in [-0.15, -0.1) is 0 Å². The molecule has 22 heteroatoms. The van der Waals surface area contributed by atoms with Crippen molar-refractivity contribution in [3.8, 4) is 24.3 Å². The minimum Gasteiger partial charge on any atom is -0.209 e. The molecule has 1 aliphatic rings. The molecule has 0 bridgehead atoms. The molecule has 0 atom stereocenters. The second-order valence-corrected chi connectivity index (χ2v) is 8.96. The lowest BCUT2D eigenvalue weighted by molar-refractivity contribution is -0.145. The fourth-order valence-electron chi connectivity index (χ4n) is 4.30. The van der Waals surface area contributed by atoms with Gasteiger partial charge in [-0.3, -0.25) is 0 Å². The standard InChI is InChI=1S/C27F15N7/c28-15-8(4-46)47-23(34)18(31)12(15)5(1-43)9-10(6(2-44)13-16(29)21(26(37,38)39)48-24(35)19(13)32)11(9)7(3-45)14-17(30)22(27(40,41)42)49-25(36)20(14)33. The van der Waals surface area contributed by atoms with Crippen molar-refractivity contribution in [2.24, 2.45) is 0 Å². The third-order valence-electron chi connectivity index (χ3n) is 6.28. The van der Waals surface area contributed by atoms with Gasteiger partial charge in [0.25, 0.3) is 5.95 Å². The maximum Gasteiger partial charge on any atom is 0.436 e. The zero-order chi connectivity index (χ0) is 37.1. The summed E-state index contributed by atoms with van der Waals surface area (Å²) in [4.78, 5) is 6.61. The Balaban J connectivity index is 2.38. The smallest absolute Gasteiger partial charge is 0.209 e. The Morgan fingerprint density at radius 1 is 0.429 bits per heavy atom. The first kappa shape index (κ1) is 35.4. The van der Waals surface area contributed by atoms with E-state index in [0.717, 1.165) is 24.3 Å². The predicted octanol–water partition coefficient (Wildman–Crippen LogP) is 7.28. The molecule has 3 heterocycles. The van der Waals surface area contributed by atoms with Gasteiger partial charge < -0.3 is 0 Å². The summed E-state index contributed by atoms with van der Waals surface area (Å²) in [5, 5.41) is 38.3. The number of hydrogen-bond acceptors (Lipinski definition) is 7. The number of allylic oxidation sites excluding steroid dienone is 6. The minimum atomic E-state index is -5.96. The Morgan fingerprint density at radius 3 is 0.980 bits per heavy atom. The average Bonchev–Trinajstić information content (AvgIpc) is 3.73. The number of pyridine rings is 3. The Hall–Kier alpha value is -6.42. The fourth-order valence-corrected chi connectivity index (χ4v) is 4.30. The molecule has 0 aliphatic heterocycles. The van der Waals surface area contributed by atoms with Gasteiger partial charge in [-0.2, -0.15) is 60.6 Å². The highest BCUT2D eigenvalue weighted by molar-refractivity contribution is 6.12. The third kappa shape index (κ3) is 5.63. The highest BCUT2D eigenvalue weighted by Gasteiger charge is 2.48. The summed E-state index contributed by atoms with van der Waals surface area (Å²) in [5.74, 6) is -23.9. The zero-order valence-electron chi connectivity index (χ0n) is 22.3. The van der Waals surface area contributed by atoms with Crippen LogP contribution in [0.15, 0.2) is 16.7 Å². The van der Waals surface area contributed by atoms with E-state index in [9.17, 15) is 68.5 Å². The topological polar surface area (TPSA) is 134 Å². The zero-order valence-corrected chi connectivity index (χ0v) is 22.3. The van der Waals surface area contributed by atoms with E-state index in [-0.39, 0.29) is 0 Å². The lowest BCUT2D eigenvalue weighted by atomic mass is 10.0. The van der Waals surface area contributed by atoms with Crippen molar-refractivity contribution in [2.75, 3.05) is 0 Å². The van der Waals surface area contributed by atoms with Gasteiger partial charge in [-0.05, 0) is 0 Å². The summed E-state index contributed by atoms with van der Waals surface area (Å²) in [5.41, 5.74) is -24.7. The van der Waals surface area contributed by atoms with Crippen LogP contribution in [-0.2, 0) is 12.4 Å². The van der Waals surface area contributed by atoms with Crippen LogP contribution >= 0.6 is 0 Å². The normalized spacial score (nSPS) is 14.8. The second-order valence-electron chi connectivity index (χ2n) is 8.96. The Kier molecular flexibility index (Phi) is 8.67. The van der Waals surface area contributed by atoms with Crippen LogP contribution in [0, 0.1) is 98.1 Å². The third-order valence-corrected chi connectivity index (χ3v) is 6.28. The lowest BCUT2D eigenvalue weighted by Crippen LogP contribution is -2.16. The van der Waals surface area contributed by atoms with Crippen LogP contribution < -0.4 is 0 Å². The van der Waals surface area contributed by atoms with Crippen molar-refractivity contribution in [2.45, 2.75) is 12.4 Å². The van der Waals surface area contributed by atoms with E-state index in [2.05, 4.69) is 4.98 Å². The second kappa shape index (κ2) is 12.0. The van der Waals surface area contributed by atoms with E-state index >= 15 is 13.2 Å². The summed E-state index contributed by atoms with van der Waals surface area (Å²) >= 11 is 0. The van der Waals surface area contributed by atoms with E-state index in [4.69, 9.17) is 5.26 Å². The number of nitrogens with zero attached hydrogens (tertiary/aromatic N) is 7. The highest BCUT2D eigenvalue weighted by Crippen LogP contribution is 2.57. The Labute approximate surface area is 259 Å². The average molecular weight is 707 g/mol. The lowest BCUT2D eigenvalue weighted by Gasteiger charge is -2.11. The van der Waals surface area contributed by atoms with Crippen molar-refractivity contribution < 1.29 is 65.9 Å². The number of hydrogen-bond donors (Lipinski definition) is 0. The van der Waals surface area contributed by atoms with Gasteiger partial charge in [0.1, 0.15) is 24.3 Å². The van der Waals surface area contributed by atoms with E-state index in [1.807, 2.05) is 9.97 Å². The Morgan fingerprint density at radius 2 is 0.714 bits per heavy atom. The first-order chi connectivity index (χ1) is 22.7. The van der Waals surface area contributed by atoms with Gasteiger partial charge in [0.2, 0.25) is 11.9 Å². The first-order valence-corrected chi connectivity index (χ1v) is 11.8.